The molecule has 4 heteroatoms. The lowest BCUT2D eigenvalue weighted by Gasteiger charge is -2.15. The van der Waals surface area contributed by atoms with E-state index in [-0.39, 0.29) is 11.9 Å². The van der Waals surface area contributed by atoms with E-state index in [9.17, 15) is 4.79 Å². The number of hydrogen-bond acceptors (Lipinski definition) is 3. The summed E-state index contributed by atoms with van der Waals surface area (Å²) in [5.74, 6) is -0.142. The van der Waals surface area contributed by atoms with Crippen molar-refractivity contribution < 1.29 is 4.79 Å². The smallest absolute Gasteiger partial charge is 0.253 e. The summed E-state index contributed by atoms with van der Waals surface area (Å²) in [5, 5.41) is 6.29. The number of nitrogens with one attached hydrogen (secondary N) is 2. The molecule has 2 aromatic carbocycles. The van der Waals surface area contributed by atoms with Gasteiger partial charge in [-0.2, -0.15) is 0 Å². The van der Waals surface area contributed by atoms with E-state index in [0.29, 0.717) is 5.56 Å². The fraction of sp³-hybridized carbons (Fsp3) is 0.143. The summed E-state index contributed by atoms with van der Waals surface area (Å²) in [7, 11) is 0. The van der Waals surface area contributed by atoms with Gasteiger partial charge in [0.2, 0.25) is 0 Å². The Morgan fingerprint density at radius 1 is 0.960 bits per heavy atom. The van der Waals surface area contributed by atoms with Crippen LogP contribution >= 0.6 is 0 Å². The molecule has 1 heterocycles. The van der Waals surface area contributed by atoms with Crippen molar-refractivity contribution in [3.8, 4) is 0 Å². The summed E-state index contributed by atoms with van der Waals surface area (Å²) in [4.78, 5) is 16.7. The van der Waals surface area contributed by atoms with Gasteiger partial charge in [-0.05, 0) is 43.2 Å². The van der Waals surface area contributed by atoms with Crippen molar-refractivity contribution in [1.82, 2.24) is 10.3 Å². The third-order valence-corrected chi connectivity index (χ3v) is 3.95. The lowest BCUT2D eigenvalue weighted by molar-refractivity contribution is 0.0939. The number of rotatable bonds is 5. The minimum absolute atomic E-state index is 0.0675. The highest BCUT2D eigenvalue weighted by Crippen LogP contribution is 2.18. The Bertz CT molecular complexity index is 862. The molecule has 0 fully saturated rings. The predicted molar refractivity (Wildman–Crippen MR) is 101 cm³/mol. The Labute approximate surface area is 147 Å². The molecular weight excluding hydrogens is 310 g/mol. The van der Waals surface area contributed by atoms with Crippen LogP contribution in [-0.4, -0.2) is 10.9 Å². The Balaban J connectivity index is 1.71. The van der Waals surface area contributed by atoms with Crippen molar-refractivity contribution >= 4 is 17.3 Å². The van der Waals surface area contributed by atoms with Crippen molar-refractivity contribution in [2.75, 3.05) is 5.32 Å². The summed E-state index contributed by atoms with van der Waals surface area (Å²) >= 11 is 0. The van der Waals surface area contributed by atoms with Gasteiger partial charge in [0.1, 0.15) is 0 Å². The molecule has 25 heavy (non-hydrogen) atoms. The molecule has 0 aliphatic carbocycles. The van der Waals surface area contributed by atoms with Gasteiger partial charge in [0.15, 0.2) is 0 Å². The zero-order valence-electron chi connectivity index (χ0n) is 14.4. The van der Waals surface area contributed by atoms with Crippen molar-refractivity contribution in [2.24, 2.45) is 0 Å². The third-order valence-electron chi connectivity index (χ3n) is 3.95. The van der Waals surface area contributed by atoms with Crippen LogP contribution in [0.5, 0.6) is 0 Å². The molecule has 0 spiro atoms. The van der Waals surface area contributed by atoms with E-state index in [1.165, 1.54) is 5.56 Å². The Morgan fingerprint density at radius 2 is 1.76 bits per heavy atom. The zero-order chi connectivity index (χ0) is 17.6. The van der Waals surface area contributed by atoms with Crippen LogP contribution in [0.3, 0.4) is 0 Å². The number of anilines is 2. The first-order valence-corrected chi connectivity index (χ1v) is 8.26. The van der Waals surface area contributed by atoms with E-state index in [0.717, 1.165) is 16.9 Å². The average molecular weight is 331 g/mol. The molecule has 126 valence electrons. The summed E-state index contributed by atoms with van der Waals surface area (Å²) in [6.45, 7) is 4.01. The van der Waals surface area contributed by atoms with Crippen molar-refractivity contribution in [2.45, 2.75) is 19.9 Å². The number of aryl methyl sites for hydroxylation is 1. The lowest BCUT2D eigenvalue weighted by atomic mass is 10.1. The molecule has 0 aliphatic rings. The van der Waals surface area contributed by atoms with Crippen LogP contribution in [0.1, 0.15) is 34.5 Å². The van der Waals surface area contributed by atoms with Gasteiger partial charge >= 0.3 is 0 Å². The molecule has 0 saturated heterocycles. The number of nitrogens with zero attached hydrogens (tertiary/aromatic N) is 1. The van der Waals surface area contributed by atoms with Crippen LogP contribution < -0.4 is 10.6 Å². The van der Waals surface area contributed by atoms with Gasteiger partial charge in [0, 0.05) is 11.9 Å². The average Bonchev–Trinajstić information content (AvgIpc) is 2.62. The van der Waals surface area contributed by atoms with E-state index >= 15 is 0 Å². The molecule has 3 rings (SSSR count). The van der Waals surface area contributed by atoms with E-state index in [1.807, 2.05) is 74.5 Å². The number of benzene rings is 2. The van der Waals surface area contributed by atoms with Crippen LogP contribution in [0, 0.1) is 6.92 Å². The Morgan fingerprint density at radius 3 is 2.52 bits per heavy atom. The second-order valence-electron chi connectivity index (χ2n) is 6.06. The van der Waals surface area contributed by atoms with Crippen LogP contribution in [0.25, 0.3) is 0 Å². The zero-order valence-corrected chi connectivity index (χ0v) is 14.4. The summed E-state index contributed by atoms with van der Waals surface area (Å²) in [5.41, 5.74) is 4.52. The summed E-state index contributed by atoms with van der Waals surface area (Å²) in [6, 6.07) is 19.7. The normalized spacial score (nSPS) is 11.6. The molecule has 0 saturated carbocycles. The van der Waals surface area contributed by atoms with Crippen LogP contribution in [0.15, 0.2) is 73.1 Å². The van der Waals surface area contributed by atoms with Gasteiger partial charge < -0.3 is 10.6 Å². The van der Waals surface area contributed by atoms with Gasteiger partial charge in [-0.3, -0.25) is 9.78 Å². The predicted octanol–water partition coefficient (Wildman–Crippen LogP) is 4.62. The first-order chi connectivity index (χ1) is 12.1. The lowest BCUT2D eigenvalue weighted by Crippen LogP contribution is -2.26. The topological polar surface area (TPSA) is 54.0 Å². The molecule has 0 radical (unpaired) electrons. The first kappa shape index (κ1) is 16.7. The fourth-order valence-corrected chi connectivity index (χ4v) is 2.63. The molecule has 2 N–H and O–H groups in total. The second kappa shape index (κ2) is 7.62. The van der Waals surface area contributed by atoms with Crippen molar-refractivity contribution in [1.29, 1.82) is 0 Å². The van der Waals surface area contributed by atoms with Gasteiger partial charge in [0.05, 0.1) is 23.5 Å². The summed E-state index contributed by atoms with van der Waals surface area (Å²) in [6.07, 6.45) is 3.29. The molecule has 3 aromatic rings. The highest BCUT2D eigenvalue weighted by Gasteiger charge is 2.12. The maximum absolute atomic E-state index is 12.5. The van der Waals surface area contributed by atoms with Crippen LogP contribution in [-0.2, 0) is 0 Å². The molecule has 0 aliphatic heterocycles. The number of pyridine rings is 1. The first-order valence-electron chi connectivity index (χ1n) is 8.26. The SMILES string of the molecule is Cc1cccc(Nc2cncc(C(=O)NC(C)c3ccccc3)c2)c1. The van der Waals surface area contributed by atoms with E-state index in [1.54, 1.807) is 12.4 Å². The quantitative estimate of drug-likeness (QED) is 0.717. The number of carbonyl (C=O) groups excluding carboxylic acids is 1. The maximum atomic E-state index is 12.5. The largest absolute Gasteiger partial charge is 0.354 e. The molecule has 4 nitrogen and oxygen atoms in total. The number of aromatic nitrogens is 1. The highest BCUT2D eigenvalue weighted by atomic mass is 16.1. The molecule has 1 atom stereocenters. The van der Waals surface area contributed by atoms with Gasteiger partial charge in [-0.1, -0.05) is 42.5 Å². The monoisotopic (exact) mass is 331 g/mol. The Kier molecular flexibility index (Phi) is 5.09. The van der Waals surface area contributed by atoms with Crippen LogP contribution in [0.4, 0.5) is 11.4 Å². The Hall–Kier alpha value is -3.14. The minimum Gasteiger partial charge on any atom is -0.354 e. The van der Waals surface area contributed by atoms with Gasteiger partial charge in [-0.15, -0.1) is 0 Å². The standard InChI is InChI=1S/C21H21N3O/c1-15-7-6-10-19(11-15)24-20-12-18(13-22-14-20)21(25)23-16(2)17-8-4-3-5-9-17/h3-14,16,24H,1-2H3,(H,23,25). The second-order valence-corrected chi connectivity index (χ2v) is 6.06. The molecule has 0 bridgehead atoms. The number of carbonyl (C=O) groups is 1. The van der Waals surface area contributed by atoms with E-state index in [2.05, 4.69) is 15.6 Å². The molecule has 1 aromatic heterocycles. The fourth-order valence-electron chi connectivity index (χ4n) is 2.63. The molecule has 1 unspecified atom stereocenters. The van der Waals surface area contributed by atoms with Gasteiger partial charge in [0.25, 0.3) is 5.91 Å². The van der Waals surface area contributed by atoms with Crippen LogP contribution in [0.2, 0.25) is 0 Å². The molecular formula is C21H21N3O. The number of hydrogen-bond donors (Lipinski definition) is 2. The summed E-state index contributed by atoms with van der Waals surface area (Å²) < 4.78 is 0. The maximum Gasteiger partial charge on any atom is 0.253 e. The van der Waals surface area contributed by atoms with Crippen molar-refractivity contribution in [3.05, 3.63) is 89.7 Å². The van der Waals surface area contributed by atoms with E-state index < -0.39 is 0 Å². The number of amides is 1. The van der Waals surface area contributed by atoms with E-state index in [4.69, 9.17) is 0 Å². The minimum atomic E-state index is -0.142. The molecule has 1 amide bonds. The highest BCUT2D eigenvalue weighted by molar-refractivity contribution is 5.95. The van der Waals surface area contributed by atoms with Gasteiger partial charge in [-0.25, -0.2) is 0 Å². The van der Waals surface area contributed by atoms with Crippen molar-refractivity contribution in [3.63, 3.8) is 0 Å². The third kappa shape index (κ3) is 4.44.